The molecule has 0 bridgehead atoms. The lowest BCUT2D eigenvalue weighted by Gasteiger charge is -2.35. The maximum absolute atomic E-state index is 12.9. The molecule has 1 aromatic rings. The molecule has 0 aromatic heterocycles. The van der Waals surface area contributed by atoms with E-state index in [-0.39, 0.29) is 11.7 Å². The molecule has 1 N–H and O–H groups in total. The predicted molar refractivity (Wildman–Crippen MR) is 74.8 cm³/mol. The number of alkyl halides is 3. The second-order valence-corrected chi connectivity index (χ2v) is 5.59. The number of nitrogens with zero attached hydrogens (tertiary/aromatic N) is 1. The van der Waals surface area contributed by atoms with Gasteiger partial charge in [-0.3, -0.25) is 0 Å². The average molecular weight is 286 g/mol. The van der Waals surface area contributed by atoms with E-state index in [0.717, 1.165) is 32.0 Å². The van der Waals surface area contributed by atoms with Crippen LogP contribution >= 0.6 is 0 Å². The lowest BCUT2D eigenvalue weighted by molar-refractivity contribution is -0.137. The van der Waals surface area contributed by atoms with Crippen LogP contribution in [-0.2, 0) is 6.18 Å². The first-order chi connectivity index (χ1) is 9.38. The van der Waals surface area contributed by atoms with E-state index in [0.29, 0.717) is 6.04 Å². The summed E-state index contributed by atoms with van der Waals surface area (Å²) in [5, 5.41) is 3.07. The number of hydrogen-bond donors (Lipinski definition) is 1. The number of nitrogens with one attached hydrogen (secondary N) is 1. The summed E-state index contributed by atoms with van der Waals surface area (Å²) in [6, 6.07) is 6.33. The number of hydrogen-bond acceptors (Lipinski definition) is 2. The zero-order valence-corrected chi connectivity index (χ0v) is 11.9. The van der Waals surface area contributed by atoms with Gasteiger partial charge in [0.2, 0.25) is 0 Å². The third-order valence-electron chi connectivity index (χ3n) is 3.85. The Kier molecular flexibility index (Phi) is 4.58. The Labute approximate surface area is 118 Å². The maximum Gasteiger partial charge on any atom is 0.418 e. The Morgan fingerprint density at radius 3 is 2.30 bits per heavy atom. The van der Waals surface area contributed by atoms with Crippen LogP contribution in [0.15, 0.2) is 24.3 Å². The highest BCUT2D eigenvalue weighted by atomic mass is 19.4. The molecule has 1 aromatic carbocycles. The molecule has 2 rings (SSSR count). The lowest BCUT2D eigenvalue weighted by Crippen LogP contribution is -2.42. The van der Waals surface area contributed by atoms with E-state index < -0.39 is 11.7 Å². The molecule has 1 fully saturated rings. The first kappa shape index (κ1) is 15.2. The van der Waals surface area contributed by atoms with Crippen LogP contribution in [0.3, 0.4) is 0 Å². The third kappa shape index (κ3) is 3.66. The summed E-state index contributed by atoms with van der Waals surface area (Å²) < 4.78 is 38.8. The molecular weight excluding hydrogens is 265 g/mol. The van der Waals surface area contributed by atoms with Gasteiger partial charge in [-0.25, -0.2) is 0 Å². The van der Waals surface area contributed by atoms with Gasteiger partial charge in [-0.15, -0.1) is 0 Å². The Bertz CT molecular complexity index is 435. The molecule has 112 valence electrons. The molecule has 0 amide bonds. The van der Waals surface area contributed by atoms with E-state index in [4.69, 9.17) is 0 Å². The highest BCUT2D eigenvalue weighted by Gasteiger charge is 2.33. The van der Waals surface area contributed by atoms with Crippen molar-refractivity contribution in [2.24, 2.45) is 0 Å². The zero-order valence-electron chi connectivity index (χ0n) is 11.9. The topological polar surface area (TPSA) is 15.3 Å². The Hall–Kier alpha value is -1.23. The molecule has 5 heteroatoms. The van der Waals surface area contributed by atoms with Crippen LogP contribution in [0, 0.1) is 0 Å². The maximum atomic E-state index is 12.9. The smallest absolute Gasteiger partial charge is 0.382 e. The van der Waals surface area contributed by atoms with Gasteiger partial charge < -0.3 is 10.2 Å². The largest absolute Gasteiger partial charge is 0.418 e. The summed E-state index contributed by atoms with van der Waals surface area (Å²) in [6.07, 6.45) is -2.54. The summed E-state index contributed by atoms with van der Waals surface area (Å²) in [4.78, 5) is 2.36. The predicted octanol–water partition coefficient (Wildman–Crippen LogP) is 3.99. The fourth-order valence-electron chi connectivity index (χ4n) is 2.64. The third-order valence-corrected chi connectivity index (χ3v) is 3.85. The number of piperidine rings is 1. The number of likely N-dealkylation sites (tertiary alicyclic amines) is 1. The lowest BCUT2D eigenvalue weighted by atomic mass is 10.0. The van der Waals surface area contributed by atoms with Gasteiger partial charge in [0, 0.05) is 30.9 Å². The van der Waals surface area contributed by atoms with Gasteiger partial charge in [0.25, 0.3) is 0 Å². The molecule has 1 heterocycles. The van der Waals surface area contributed by atoms with Crippen molar-refractivity contribution in [1.82, 2.24) is 4.90 Å². The van der Waals surface area contributed by atoms with Crippen LogP contribution in [0.5, 0.6) is 0 Å². The SMILES string of the molecule is CC(C)N1CCC(Nc2ccccc2C(F)(F)F)CC1. The molecule has 0 saturated carbocycles. The number of halogens is 3. The molecule has 2 nitrogen and oxygen atoms in total. The molecule has 0 unspecified atom stereocenters. The standard InChI is InChI=1S/C15H21F3N2/c1-11(2)20-9-7-12(8-10-20)19-14-6-4-3-5-13(14)15(16,17)18/h3-6,11-12,19H,7-10H2,1-2H3. The van der Waals surface area contributed by atoms with Crippen molar-refractivity contribution < 1.29 is 13.2 Å². The van der Waals surface area contributed by atoms with Gasteiger partial charge in [0.05, 0.1) is 5.56 Å². The summed E-state index contributed by atoms with van der Waals surface area (Å²) >= 11 is 0. The van der Waals surface area contributed by atoms with Crippen molar-refractivity contribution in [2.45, 2.75) is 44.9 Å². The summed E-state index contributed by atoms with van der Waals surface area (Å²) in [5.41, 5.74) is -0.380. The van der Waals surface area contributed by atoms with Crippen molar-refractivity contribution in [3.63, 3.8) is 0 Å². The zero-order chi connectivity index (χ0) is 14.8. The average Bonchev–Trinajstić information content (AvgIpc) is 2.38. The second kappa shape index (κ2) is 6.04. The van der Waals surface area contributed by atoms with Gasteiger partial charge in [0.1, 0.15) is 0 Å². The minimum Gasteiger partial charge on any atom is -0.382 e. The minimum absolute atomic E-state index is 0.119. The van der Waals surface area contributed by atoms with Crippen molar-refractivity contribution in [3.8, 4) is 0 Å². The molecular formula is C15H21F3N2. The molecule has 0 aliphatic carbocycles. The van der Waals surface area contributed by atoms with E-state index in [1.165, 1.54) is 12.1 Å². The second-order valence-electron chi connectivity index (χ2n) is 5.59. The number of anilines is 1. The number of para-hydroxylation sites is 1. The minimum atomic E-state index is -4.30. The van der Waals surface area contributed by atoms with E-state index >= 15 is 0 Å². The molecule has 1 aliphatic heterocycles. The molecule has 20 heavy (non-hydrogen) atoms. The van der Waals surface area contributed by atoms with Crippen LogP contribution in [0.2, 0.25) is 0 Å². The Morgan fingerprint density at radius 1 is 1.15 bits per heavy atom. The van der Waals surface area contributed by atoms with Crippen molar-refractivity contribution in [3.05, 3.63) is 29.8 Å². The molecule has 0 spiro atoms. The quantitative estimate of drug-likeness (QED) is 0.904. The van der Waals surface area contributed by atoms with Crippen LogP contribution in [0.1, 0.15) is 32.3 Å². The van der Waals surface area contributed by atoms with Gasteiger partial charge >= 0.3 is 6.18 Å². The van der Waals surface area contributed by atoms with Gasteiger partial charge in [-0.2, -0.15) is 13.2 Å². The highest BCUT2D eigenvalue weighted by Crippen LogP contribution is 2.35. The summed E-state index contributed by atoms with van der Waals surface area (Å²) in [6.45, 7) is 6.16. The molecule has 1 saturated heterocycles. The van der Waals surface area contributed by atoms with Crippen LogP contribution < -0.4 is 5.32 Å². The van der Waals surface area contributed by atoms with Crippen LogP contribution in [0.25, 0.3) is 0 Å². The van der Waals surface area contributed by atoms with Crippen molar-refractivity contribution in [2.75, 3.05) is 18.4 Å². The van der Waals surface area contributed by atoms with E-state index in [2.05, 4.69) is 24.1 Å². The summed E-state index contributed by atoms with van der Waals surface area (Å²) in [7, 11) is 0. The fraction of sp³-hybridized carbons (Fsp3) is 0.600. The van der Waals surface area contributed by atoms with Crippen molar-refractivity contribution >= 4 is 5.69 Å². The Morgan fingerprint density at radius 2 is 1.75 bits per heavy atom. The highest BCUT2D eigenvalue weighted by molar-refractivity contribution is 5.53. The molecule has 0 radical (unpaired) electrons. The van der Waals surface area contributed by atoms with E-state index in [1.807, 2.05) is 0 Å². The van der Waals surface area contributed by atoms with Crippen molar-refractivity contribution in [1.29, 1.82) is 0 Å². The van der Waals surface area contributed by atoms with Gasteiger partial charge in [0.15, 0.2) is 0 Å². The van der Waals surface area contributed by atoms with E-state index in [1.54, 1.807) is 6.07 Å². The summed E-state index contributed by atoms with van der Waals surface area (Å²) in [5.74, 6) is 0. The van der Waals surface area contributed by atoms with Gasteiger partial charge in [-0.05, 0) is 38.8 Å². The number of benzene rings is 1. The van der Waals surface area contributed by atoms with E-state index in [9.17, 15) is 13.2 Å². The first-order valence-corrected chi connectivity index (χ1v) is 7.04. The first-order valence-electron chi connectivity index (χ1n) is 7.04. The van der Waals surface area contributed by atoms with Gasteiger partial charge in [-0.1, -0.05) is 12.1 Å². The monoisotopic (exact) mass is 286 g/mol. The fourth-order valence-corrected chi connectivity index (χ4v) is 2.64. The normalized spacial score (nSPS) is 18.5. The number of rotatable bonds is 3. The molecule has 0 atom stereocenters. The van der Waals surface area contributed by atoms with Crippen LogP contribution in [0.4, 0.5) is 18.9 Å². The van der Waals surface area contributed by atoms with Crippen LogP contribution in [-0.4, -0.2) is 30.1 Å². The Balaban J connectivity index is 2.02. The molecule has 1 aliphatic rings.